The molecule has 1 N–H and O–H groups in total. The lowest BCUT2D eigenvalue weighted by molar-refractivity contribution is 0.0954. The van der Waals surface area contributed by atoms with Crippen LogP contribution in [0, 0.1) is 6.92 Å². The van der Waals surface area contributed by atoms with Crippen LogP contribution in [-0.2, 0) is 6.42 Å². The van der Waals surface area contributed by atoms with Gasteiger partial charge in [-0.05, 0) is 54.8 Å². The molecule has 0 aromatic heterocycles. The monoisotopic (exact) mass is 351 g/mol. The van der Waals surface area contributed by atoms with E-state index in [9.17, 15) is 4.79 Å². The summed E-state index contributed by atoms with van der Waals surface area (Å²) in [5.41, 5.74) is 2.88. The van der Waals surface area contributed by atoms with Crippen LogP contribution in [0.25, 0.3) is 0 Å². The van der Waals surface area contributed by atoms with Crippen LogP contribution in [0.5, 0.6) is 0 Å². The van der Waals surface area contributed by atoms with Gasteiger partial charge in [0, 0.05) is 21.6 Å². The summed E-state index contributed by atoms with van der Waals surface area (Å²) in [6.45, 7) is 2.57. The SMILES string of the molecule is Cc1cc(Br)cc(C(=O)NCCc2ccc(Cl)cc2)c1. The molecule has 104 valence electrons. The lowest BCUT2D eigenvalue weighted by Crippen LogP contribution is -2.25. The summed E-state index contributed by atoms with van der Waals surface area (Å²) < 4.78 is 0.917. The van der Waals surface area contributed by atoms with E-state index in [-0.39, 0.29) is 5.91 Å². The Morgan fingerprint density at radius 1 is 1.20 bits per heavy atom. The summed E-state index contributed by atoms with van der Waals surface area (Å²) >= 11 is 9.23. The number of aryl methyl sites for hydroxylation is 1. The third-order valence-corrected chi connectivity index (χ3v) is 3.63. The Morgan fingerprint density at radius 2 is 1.90 bits per heavy atom. The smallest absolute Gasteiger partial charge is 0.251 e. The predicted octanol–water partition coefficient (Wildman–Crippen LogP) is 4.38. The highest BCUT2D eigenvalue weighted by Crippen LogP contribution is 2.15. The van der Waals surface area contributed by atoms with E-state index in [4.69, 9.17) is 11.6 Å². The summed E-state index contributed by atoms with van der Waals surface area (Å²) in [4.78, 5) is 12.0. The lowest BCUT2D eigenvalue weighted by atomic mass is 10.1. The van der Waals surface area contributed by atoms with Crippen molar-refractivity contribution in [2.24, 2.45) is 0 Å². The topological polar surface area (TPSA) is 29.1 Å². The number of amides is 1. The Kier molecular flexibility index (Phi) is 5.21. The van der Waals surface area contributed by atoms with E-state index in [2.05, 4.69) is 21.2 Å². The van der Waals surface area contributed by atoms with Crippen LogP contribution < -0.4 is 5.32 Å². The minimum atomic E-state index is -0.0524. The maximum Gasteiger partial charge on any atom is 0.251 e. The first-order valence-corrected chi connectivity index (χ1v) is 7.51. The molecule has 1 amide bonds. The summed E-state index contributed by atoms with van der Waals surface area (Å²) in [6.07, 6.45) is 0.788. The van der Waals surface area contributed by atoms with Gasteiger partial charge in [-0.25, -0.2) is 0 Å². The first-order valence-electron chi connectivity index (χ1n) is 6.34. The number of halogens is 2. The molecule has 0 saturated heterocycles. The molecule has 0 radical (unpaired) electrons. The fraction of sp³-hybridized carbons (Fsp3) is 0.188. The highest BCUT2D eigenvalue weighted by molar-refractivity contribution is 9.10. The number of carbonyl (C=O) groups is 1. The van der Waals surface area contributed by atoms with Crippen molar-refractivity contribution in [2.45, 2.75) is 13.3 Å². The summed E-state index contributed by atoms with van der Waals surface area (Å²) in [5.74, 6) is -0.0524. The number of benzene rings is 2. The second kappa shape index (κ2) is 6.91. The van der Waals surface area contributed by atoms with Crippen molar-refractivity contribution in [3.63, 3.8) is 0 Å². The average molecular weight is 353 g/mol. The molecule has 0 spiro atoms. The van der Waals surface area contributed by atoms with Crippen molar-refractivity contribution in [1.82, 2.24) is 5.32 Å². The van der Waals surface area contributed by atoms with Crippen LogP contribution in [0.3, 0.4) is 0 Å². The van der Waals surface area contributed by atoms with Gasteiger partial charge in [-0.15, -0.1) is 0 Å². The first kappa shape index (κ1) is 15.1. The van der Waals surface area contributed by atoms with E-state index in [0.29, 0.717) is 12.1 Å². The molecule has 0 fully saturated rings. The van der Waals surface area contributed by atoms with Crippen LogP contribution in [-0.4, -0.2) is 12.5 Å². The van der Waals surface area contributed by atoms with Gasteiger partial charge in [0.15, 0.2) is 0 Å². The van der Waals surface area contributed by atoms with E-state index in [1.54, 1.807) is 0 Å². The van der Waals surface area contributed by atoms with Crippen molar-refractivity contribution in [2.75, 3.05) is 6.54 Å². The summed E-state index contributed by atoms with van der Waals surface area (Å²) in [6, 6.07) is 13.3. The molecule has 0 aliphatic heterocycles. The lowest BCUT2D eigenvalue weighted by Gasteiger charge is -2.07. The maximum atomic E-state index is 12.0. The fourth-order valence-electron chi connectivity index (χ4n) is 1.94. The number of nitrogens with one attached hydrogen (secondary N) is 1. The molecule has 0 aliphatic rings. The Labute approximate surface area is 132 Å². The van der Waals surface area contributed by atoms with Gasteiger partial charge in [0.25, 0.3) is 5.91 Å². The highest BCUT2D eigenvalue weighted by Gasteiger charge is 2.06. The molecule has 2 rings (SSSR count). The third-order valence-electron chi connectivity index (χ3n) is 2.92. The Morgan fingerprint density at radius 3 is 2.55 bits per heavy atom. The van der Waals surface area contributed by atoms with E-state index in [1.807, 2.05) is 49.4 Å². The fourth-order valence-corrected chi connectivity index (χ4v) is 2.67. The molecule has 2 aromatic carbocycles. The second-order valence-corrected chi connectivity index (χ2v) is 6.00. The minimum absolute atomic E-state index is 0.0524. The molecule has 0 atom stereocenters. The maximum absolute atomic E-state index is 12.0. The Balaban J connectivity index is 1.90. The van der Waals surface area contributed by atoms with Gasteiger partial charge in [0.05, 0.1) is 0 Å². The van der Waals surface area contributed by atoms with Crippen LogP contribution in [0.15, 0.2) is 46.9 Å². The molecule has 2 nitrogen and oxygen atoms in total. The number of hydrogen-bond donors (Lipinski definition) is 1. The van der Waals surface area contributed by atoms with Crippen LogP contribution in [0.4, 0.5) is 0 Å². The molecule has 4 heteroatoms. The third kappa shape index (κ3) is 4.36. The molecule has 0 heterocycles. The van der Waals surface area contributed by atoms with Crippen molar-refractivity contribution < 1.29 is 4.79 Å². The number of carbonyl (C=O) groups excluding carboxylic acids is 1. The van der Waals surface area contributed by atoms with E-state index >= 15 is 0 Å². The van der Waals surface area contributed by atoms with E-state index in [1.165, 1.54) is 0 Å². The van der Waals surface area contributed by atoms with Gasteiger partial charge in [0.1, 0.15) is 0 Å². The molecule has 0 unspecified atom stereocenters. The normalized spacial score (nSPS) is 10.3. The van der Waals surface area contributed by atoms with Crippen molar-refractivity contribution in [3.8, 4) is 0 Å². The van der Waals surface area contributed by atoms with Crippen molar-refractivity contribution >= 4 is 33.4 Å². The number of hydrogen-bond acceptors (Lipinski definition) is 1. The molecule has 2 aromatic rings. The van der Waals surface area contributed by atoms with Gasteiger partial charge in [-0.1, -0.05) is 39.7 Å². The summed E-state index contributed by atoms with van der Waals surface area (Å²) in [7, 11) is 0. The second-order valence-electron chi connectivity index (χ2n) is 4.65. The Hall–Kier alpha value is -1.32. The van der Waals surface area contributed by atoms with Gasteiger partial charge >= 0.3 is 0 Å². The molecular weight excluding hydrogens is 338 g/mol. The minimum Gasteiger partial charge on any atom is -0.352 e. The van der Waals surface area contributed by atoms with Gasteiger partial charge in [-0.3, -0.25) is 4.79 Å². The number of rotatable bonds is 4. The first-order chi connectivity index (χ1) is 9.54. The average Bonchev–Trinajstić information content (AvgIpc) is 2.40. The molecule has 20 heavy (non-hydrogen) atoms. The van der Waals surface area contributed by atoms with Crippen LogP contribution >= 0.6 is 27.5 Å². The standard InChI is InChI=1S/C16H15BrClNO/c1-11-8-13(10-14(17)9-11)16(20)19-7-6-12-2-4-15(18)5-3-12/h2-5,8-10H,6-7H2,1H3,(H,19,20). The zero-order valence-electron chi connectivity index (χ0n) is 11.1. The van der Waals surface area contributed by atoms with Gasteiger partial charge < -0.3 is 5.32 Å². The quantitative estimate of drug-likeness (QED) is 0.869. The zero-order valence-corrected chi connectivity index (χ0v) is 13.5. The molecular formula is C16H15BrClNO. The van der Waals surface area contributed by atoms with Gasteiger partial charge in [0.2, 0.25) is 0 Å². The largest absolute Gasteiger partial charge is 0.352 e. The van der Waals surface area contributed by atoms with E-state index in [0.717, 1.165) is 27.0 Å². The molecule has 0 aliphatic carbocycles. The van der Waals surface area contributed by atoms with Crippen LogP contribution in [0.1, 0.15) is 21.5 Å². The van der Waals surface area contributed by atoms with E-state index < -0.39 is 0 Å². The zero-order chi connectivity index (χ0) is 14.5. The highest BCUT2D eigenvalue weighted by atomic mass is 79.9. The van der Waals surface area contributed by atoms with Crippen LogP contribution in [0.2, 0.25) is 5.02 Å². The predicted molar refractivity (Wildman–Crippen MR) is 86.4 cm³/mol. The van der Waals surface area contributed by atoms with Gasteiger partial charge in [-0.2, -0.15) is 0 Å². The molecule has 0 saturated carbocycles. The van der Waals surface area contributed by atoms with Crippen molar-refractivity contribution in [3.05, 3.63) is 68.7 Å². The molecule has 0 bridgehead atoms. The summed E-state index contributed by atoms with van der Waals surface area (Å²) in [5, 5.41) is 3.65. The van der Waals surface area contributed by atoms with Crippen molar-refractivity contribution in [1.29, 1.82) is 0 Å². The Bertz CT molecular complexity index is 590.